The Hall–Kier alpha value is -1.71. The van der Waals surface area contributed by atoms with Crippen LogP contribution in [0, 0.1) is 0 Å². The standard InChI is InChI=1S/C33H54O6SSi/c1-5-6-7-8-9-10-11-12-13-15-18-30-19-21-31(22-20-30)29-40(34,35)33-25-23-32(24-26-33)39-27-16-14-17-28-41(36-2,37-3)38-4/h19-26H,5-18,27-29H2,1-4H3. The molecule has 2 rings (SSSR count). The minimum Gasteiger partial charge on any atom is -0.494 e. The van der Waals surface area contributed by atoms with Gasteiger partial charge >= 0.3 is 8.80 Å². The first kappa shape index (κ1) is 35.5. The van der Waals surface area contributed by atoms with Gasteiger partial charge in [0.1, 0.15) is 5.75 Å². The lowest BCUT2D eigenvalue weighted by atomic mass is 10.0. The quantitative estimate of drug-likeness (QED) is 0.0881. The lowest BCUT2D eigenvalue weighted by molar-refractivity contribution is 0.122. The summed E-state index contributed by atoms with van der Waals surface area (Å²) in [5.41, 5.74) is 2.10. The van der Waals surface area contributed by atoms with Crippen molar-refractivity contribution >= 4 is 18.6 Å². The number of rotatable bonds is 24. The summed E-state index contributed by atoms with van der Waals surface area (Å²) < 4.78 is 48.1. The summed E-state index contributed by atoms with van der Waals surface area (Å²) in [6, 6.07) is 15.6. The number of unbranched alkanes of at least 4 members (excludes halogenated alkanes) is 11. The van der Waals surface area contributed by atoms with Gasteiger partial charge in [-0.1, -0.05) is 95.4 Å². The van der Waals surface area contributed by atoms with Crippen molar-refractivity contribution in [2.75, 3.05) is 27.9 Å². The number of benzene rings is 2. The van der Waals surface area contributed by atoms with E-state index in [1.54, 1.807) is 45.6 Å². The van der Waals surface area contributed by atoms with Gasteiger partial charge in [-0.3, -0.25) is 0 Å². The van der Waals surface area contributed by atoms with Gasteiger partial charge < -0.3 is 18.0 Å². The van der Waals surface area contributed by atoms with E-state index in [1.165, 1.54) is 69.8 Å². The van der Waals surface area contributed by atoms with Gasteiger partial charge in [0.05, 0.1) is 17.3 Å². The van der Waals surface area contributed by atoms with E-state index in [0.29, 0.717) is 17.3 Å². The molecule has 8 heteroatoms. The molecule has 2 aromatic carbocycles. The summed E-state index contributed by atoms with van der Waals surface area (Å²) in [7, 11) is -1.05. The molecule has 0 saturated heterocycles. The fourth-order valence-corrected chi connectivity index (χ4v) is 8.18. The Morgan fingerprint density at radius 3 is 1.68 bits per heavy atom. The van der Waals surface area contributed by atoms with Crippen molar-refractivity contribution < 1.29 is 26.4 Å². The summed E-state index contributed by atoms with van der Waals surface area (Å²) in [6.45, 7) is 2.83. The van der Waals surface area contributed by atoms with Crippen LogP contribution in [0.1, 0.15) is 102 Å². The average Bonchev–Trinajstić information content (AvgIpc) is 2.99. The van der Waals surface area contributed by atoms with Crippen LogP contribution >= 0.6 is 0 Å². The fraction of sp³-hybridized carbons (Fsp3) is 0.636. The first-order chi connectivity index (χ1) is 19.9. The van der Waals surface area contributed by atoms with Crippen LogP contribution in [0.25, 0.3) is 0 Å². The molecule has 0 aliphatic heterocycles. The second kappa shape index (κ2) is 20.2. The number of hydrogen-bond acceptors (Lipinski definition) is 6. The van der Waals surface area contributed by atoms with E-state index in [2.05, 4.69) is 19.1 Å². The first-order valence-corrected chi connectivity index (χ1v) is 19.2. The number of aryl methyl sites for hydroxylation is 1. The minimum atomic E-state index is -3.42. The third kappa shape index (κ3) is 13.9. The molecule has 0 radical (unpaired) electrons. The topological polar surface area (TPSA) is 71.1 Å². The van der Waals surface area contributed by atoms with Crippen LogP contribution in [0.2, 0.25) is 6.04 Å². The molecule has 0 amide bonds. The highest BCUT2D eigenvalue weighted by Crippen LogP contribution is 2.22. The molecular formula is C33H54O6SSi. The zero-order valence-corrected chi connectivity index (χ0v) is 27.8. The zero-order valence-electron chi connectivity index (χ0n) is 26.0. The molecule has 232 valence electrons. The molecule has 0 spiro atoms. The Bertz CT molecular complexity index is 1030. The molecule has 0 aromatic heterocycles. The highest BCUT2D eigenvalue weighted by molar-refractivity contribution is 7.90. The average molecular weight is 607 g/mol. The Balaban J connectivity index is 1.67. The van der Waals surface area contributed by atoms with Gasteiger partial charge in [0.2, 0.25) is 0 Å². The van der Waals surface area contributed by atoms with E-state index in [9.17, 15) is 8.42 Å². The number of hydrogen-bond donors (Lipinski definition) is 0. The summed E-state index contributed by atoms with van der Waals surface area (Å²) in [4.78, 5) is 0.319. The molecule has 0 fully saturated rings. The molecule has 0 saturated carbocycles. The predicted octanol–water partition coefficient (Wildman–Crippen LogP) is 8.55. The van der Waals surface area contributed by atoms with Crippen molar-refractivity contribution in [3.8, 4) is 5.75 Å². The van der Waals surface area contributed by atoms with Gasteiger partial charge in [-0.15, -0.1) is 0 Å². The predicted molar refractivity (Wildman–Crippen MR) is 170 cm³/mol. The van der Waals surface area contributed by atoms with Crippen molar-refractivity contribution in [2.24, 2.45) is 0 Å². The lowest BCUT2D eigenvalue weighted by Gasteiger charge is -2.24. The maximum Gasteiger partial charge on any atom is 0.500 e. The van der Waals surface area contributed by atoms with Gasteiger partial charge in [0.15, 0.2) is 9.84 Å². The van der Waals surface area contributed by atoms with E-state index >= 15 is 0 Å². The monoisotopic (exact) mass is 606 g/mol. The lowest BCUT2D eigenvalue weighted by Crippen LogP contribution is -2.42. The number of ether oxygens (including phenoxy) is 1. The van der Waals surface area contributed by atoms with Crippen molar-refractivity contribution in [3.05, 3.63) is 59.7 Å². The Kier molecular flexibility index (Phi) is 17.5. The zero-order chi connectivity index (χ0) is 29.8. The molecule has 0 aliphatic rings. The van der Waals surface area contributed by atoms with Crippen LogP contribution in [0.3, 0.4) is 0 Å². The van der Waals surface area contributed by atoms with Crippen LogP contribution < -0.4 is 4.74 Å². The molecule has 0 heterocycles. The van der Waals surface area contributed by atoms with E-state index in [-0.39, 0.29) is 5.75 Å². The smallest absolute Gasteiger partial charge is 0.494 e. The Morgan fingerprint density at radius 1 is 0.610 bits per heavy atom. The second-order valence-electron chi connectivity index (χ2n) is 10.9. The maximum absolute atomic E-state index is 13.0. The van der Waals surface area contributed by atoms with Crippen molar-refractivity contribution in [2.45, 2.75) is 114 Å². The second-order valence-corrected chi connectivity index (χ2v) is 16.0. The maximum atomic E-state index is 13.0. The summed E-state index contributed by atoms with van der Waals surface area (Å²) in [5.74, 6) is 0.677. The van der Waals surface area contributed by atoms with Gasteiger partial charge in [0.25, 0.3) is 0 Å². The normalized spacial score (nSPS) is 12.1. The minimum absolute atomic E-state index is 0.000960. The molecule has 0 unspecified atom stereocenters. The van der Waals surface area contributed by atoms with Gasteiger partial charge in [0, 0.05) is 27.4 Å². The van der Waals surface area contributed by atoms with E-state index in [4.69, 9.17) is 18.0 Å². The molecule has 0 aliphatic carbocycles. The van der Waals surface area contributed by atoms with Gasteiger partial charge in [-0.25, -0.2) is 8.42 Å². The van der Waals surface area contributed by atoms with E-state index < -0.39 is 18.6 Å². The Morgan fingerprint density at radius 2 is 1.12 bits per heavy atom. The van der Waals surface area contributed by atoms with E-state index in [0.717, 1.165) is 37.3 Å². The molecule has 0 N–H and O–H groups in total. The fourth-order valence-electron chi connectivity index (χ4n) is 5.03. The van der Waals surface area contributed by atoms with Crippen LogP contribution in [-0.4, -0.2) is 45.2 Å². The van der Waals surface area contributed by atoms with Crippen molar-refractivity contribution in [3.63, 3.8) is 0 Å². The highest BCUT2D eigenvalue weighted by atomic mass is 32.2. The van der Waals surface area contributed by atoms with Gasteiger partial charge in [-0.05, 0) is 61.1 Å². The van der Waals surface area contributed by atoms with Crippen LogP contribution in [0.15, 0.2) is 53.4 Å². The van der Waals surface area contributed by atoms with Crippen LogP contribution in [0.4, 0.5) is 0 Å². The van der Waals surface area contributed by atoms with Crippen LogP contribution in [0.5, 0.6) is 5.75 Å². The third-order valence-electron chi connectivity index (χ3n) is 7.71. The highest BCUT2D eigenvalue weighted by Gasteiger charge is 2.36. The third-order valence-corrected chi connectivity index (χ3v) is 12.2. The summed E-state index contributed by atoms with van der Waals surface area (Å²) in [6.07, 6.45) is 17.2. The molecule has 0 bridgehead atoms. The number of sulfone groups is 1. The molecule has 2 aromatic rings. The summed E-state index contributed by atoms with van der Waals surface area (Å²) in [5, 5.41) is 0. The van der Waals surface area contributed by atoms with Gasteiger partial charge in [-0.2, -0.15) is 0 Å². The first-order valence-electron chi connectivity index (χ1n) is 15.6. The molecule has 6 nitrogen and oxygen atoms in total. The summed E-state index contributed by atoms with van der Waals surface area (Å²) >= 11 is 0. The molecular weight excluding hydrogens is 553 g/mol. The molecule has 41 heavy (non-hydrogen) atoms. The SMILES string of the molecule is CCCCCCCCCCCCc1ccc(CS(=O)(=O)c2ccc(OCCCCC[Si](OC)(OC)OC)cc2)cc1. The van der Waals surface area contributed by atoms with Crippen molar-refractivity contribution in [1.82, 2.24) is 0 Å². The van der Waals surface area contributed by atoms with Crippen LogP contribution in [-0.2, 0) is 35.3 Å². The van der Waals surface area contributed by atoms with E-state index in [1.807, 2.05) is 12.1 Å². The Labute approximate surface area is 251 Å². The molecule has 0 atom stereocenters. The largest absolute Gasteiger partial charge is 0.500 e. The van der Waals surface area contributed by atoms with Crippen molar-refractivity contribution in [1.29, 1.82) is 0 Å².